The first-order chi connectivity index (χ1) is 2.41. The normalized spacial score (nSPS) is 6.60. The Morgan fingerprint density at radius 2 is 2.60 bits per heavy atom. The highest BCUT2D eigenvalue weighted by molar-refractivity contribution is 5.35. The van der Waals surface area contributed by atoms with Crippen molar-refractivity contribution in [2.75, 3.05) is 0 Å². The fourth-order valence-corrected chi connectivity index (χ4v) is 0.0445. The molecular weight excluding hydrogens is 95.5 g/mol. The van der Waals surface area contributed by atoms with Crippen LogP contribution in [0.15, 0.2) is 0 Å². The highest BCUT2D eigenvalue weighted by Crippen LogP contribution is 1.50. The van der Waals surface area contributed by atoms with Crippen molar-refractivity contribution < 1.29 is 25.1 Å². The van der Waals surface area contributed by atoms with E-state index in [0.717, 1.165) is 0 Å². The molecule has 0 amide bonds. The van der Waals surface area contributed by atoms with Crippen LogP contribution in [0.1, 0.15) is 0 Å². The summed E-state index contributed by atoms with van der Waals surface area (Å²) in [6.45, 7) is 0.0563. The van der Waals surface area contributed by atoms with Crippen molar-refractivity contribution in [3.8, 4) is 0 Å². The zero-order valence-electron chi connectivity index (χ0n) is 2.18. The minimum absolute atomic E-state index is 0.0563. The minimum Gasteiger partial charge on any atom is -0.495 e. The zero-order valence-corrected chi connectivity index (χ0v) is 2.94. The first kappa shape index (κ1) is 4.72. The molecule has 0 saturated heterocycles. The van der Waals surface area contributed by atoms with Crippen LogP contribution in [0.4, 0.5) is 0 Å². The Bertz CT molecular complexity index is 28.1. The van der Waals surface area contributed by atoms with Crippen LogP contribution in [0.2, 0.25) is 0 Å². The van der Waals surface area contributed by atoms with E-state index in [9.17, 15) is 0 Å². The lowest BCUT2D eigenvalue weighted by Crippen LogP contribution is -2.01. The summed E-state index contributed by atoms with van der Waals surface area (Å²) in [6.07, 6.45) is 0. The molecule has 4 heteroatoms. The standard InChI is InChI=1S/CHClO3/c3-1-5-2-4/h1H. The molecule has 0 aromatic heterocycles. The smallest absolute Gasteiger partial charge is 0.395 e. The highest BCUT2D eigenvalue weighted by Gasteiger charge is 1.77. The van der Waals surface area contributed by atoms with Crippen LogP contribution in [-0.2, 0) is 9.08 Å². The Morgan fingerprint density at radius 1 is 2.00 bits per heavy atom. The zero-order chi connectivity index (χ0) is 4.12. The van der Waals surface area contributed by atoms with Gasteiger partial charge in [0.15, 0.2) is 0 Å². The van der Waals surface area contributed by atoms with Gasteiger partial charge in [-0.2, -0.15) is 4.29 Å². The topological polar surface area (TPSA) is 49.4 Å². The first-order valence-electron chi connectivity index (χ1n) is 0.780. The Morgan fingerprint density at radius 3 is 2.60 bits per heavy atom. The summed E-state index contributed by atoms with van der Waals surface area (Å²) in [4.78, 5) is 8.95. The summed E-state index contributed by atoms with van der Waals surface area (Å²) in [7, 11) is 0. The van der Waals surface area contributed by atoms with Crippen molar-refractivity contribution >= 4 is 6.47 Å². The molecule has 0 aromatic rings. The molecule has 0 atom stereocenters. The fraction of sp³-hybridized carbons (Fsp3) is 0. The first-order valence-corrected chi connectivity index (χ1v) is 1.40. The third-order valence-corrected chi connectivity index (χ3v) is 0.218. The third-order valence-electron chi connectivity index (χ3n) is 0.0727. The second kappa shape index (κ2) is 3.72. The van der Waals surface area contributed by atoms with E-state index in [0.29, 0.717) is 0 Å². The quantitative estimate of drug-likeness (QED) is 0.391. The van der Waals surface area contributed by atoms with Gasteiger partial charge >= 0.3 is 17.8 Å². The molecule has 5 heavy (non-hydrogen) atoms. The summed E-state index contributed by atoms with van der Waals surface area (Å²) in [5, 5.41) is 0. The van der Waals surface area contributed by atoms with Crippen molar-refractivity contribution in [2.45, 2.75) is 0 Å². The Hall–Kier alpha value is -0.280. The van der Waals surface area contributed by atoms with E-state index in [2.05, 4.69) is 4.29 Å². The number of carbonyl (C=O) groups excluding carboxylic acids is 1. The lowest BCUT2D eigenvalue weighted by Gasteiger charge is -1.64. The van der Waals surface area contributed by atoms with E-state index in [-0.39, 0.29) is 17.8 Å². The molecule has 0 aliphatic rings. The number of hydrogen-bond donors (Lipinski definition) is 0. The van der Waals surface area contributed by atoms with E-state index < -0.39 is 0 Å². The average molecular weight is 96.5 g/mol. The molecule has 30 valence electrons. The van der Waals surface area contributed by atoms with Crippen LogP contribution >= 0.6 is 0 Å². The second-order valence-electron chi connectivity index (χ2n) is 0.248. The van der Waals surface area contributed by atoms with Crippen LogP contribution in [0, 0.1) is 11.3 Å². The molecule has 0 aliphatic carbocycles. The Balaban J connectivity index is 2.40. The van der Waals surface area contributed by atoms with Gasteiger partial charge in [-0.1, -0.05) is 0 Å². The van der Waals surface area contributed by atoms with E-state index in [4.69, 9.17) is 9.45 Å². The molecule has 0 fully saturated rings. The lowest BCUT2D eigenvalue weighted by atomic mass is 11.7. The summed E-state index contributed by atoms with van der Waals surface area (Å²) < 4.78 is 12.4. The number of carbonyl (C=O) groups is 1. The van der Waals surface area contributed by atoms with Gasteiger partial charge in [-0.05, 0) is 0 Å². The molecule has 0 aromatic carbocycles. The maximum atomic E-state index is 8.95. The van der Waals surface area contributed by atoms with Gasteiger partial charge in [-0.3, -0.25) is 0 Å². The van der Waals surface area contributed by atoms with Gasteiger partial charge < -0.3 is 4.66 Å². The van der Waals surface area contributed by atoms with E-state index >= 15 is 0 Å². The molecule has 0 bridgehead atoms. The molecule has 0 spiro atoms. The summed E-state index contributed by atoms with van der Waals surface area (Å²) in [5.41, 5.74) is 0. The molecule has 0 unspecified atom stereocenters. The van der Waals surface area contributed by atoms with Gasteiger partial charge in [0.05, 0.1) is 0 Å². The van der Waals surface area contributed by atoms with Crippen LogP contribution in [0.5, 0.6) is 0 Å². The predicted molar refractivity (Wildman–Crippen MR) is 7.15 cm³/mol. The van der Waals surface area contributed by atoms with Gasteiger partial charge in [0.1, 0.15) is 0 Å². The SMILES string of the molecule is O=CO[Cl+][O-]. The Kier molecular flexibility index (Phi) is 3.51. The maximum absolute atomic E-state index is 8.95. The van der Waals surface area contributed by atoms with Crippen LogP contribution in [0.25, 0.3) is 0 Å². The predicted octanol–water partition coefficient (Wildman–Crippen LogP) is -1.57. The number of hydrogen-bond acceptors (Lipinski definition) is 3. The van der Waals surface area contributed by atoms with Crippen molar-refractivity contribution in [1.29, 1.82) is 0 Å². The minimum atomic E-state index is 0.0563. The van der Waals surface area contributed by atoms with Crippen LogP contribution in [0.3, 0.4) is 0 Å². The van der Waals surface area contributed by atoms with Gasteiger partial charge in [-0.15, -0.1) is 0 Å². The van der Waals surface area contributed by atoms with E-state index in [1.165, 1.54) is 0 Å². The lowest BCUT2D eigenvalue weighted by molar-refractivity contribution is -1.26. The van der Waals surface area contributed by atoms with Gasteiger partial charge in [0, 0.05) is 0 Å². The number of rotatable bonds is 2. The molecular formula is CHClO3. The van der Waals surface area contributed by atoms with Gasteiger partial charge in [-0.25, -0.2) is 4.79 Å². The van der Waals surface area contributed by atoms with Crippen molar-refractivity contribution in [1.82, 2.24) is 0 Å². The van der Waals surface area contributed by atoms with E-state index in [1.54, 1.807) is 0 Å². The van der Waals surface area contributed by atoms with Crippen molar-refractivity contribution in [3.05, 3.63) is 0 Å². The van der Waals surface area contributed by atoms with Crippen LogP contribution < -0.4 is 4.66 Å². The Labute approximate surface area is 32.6 Å². The molecule has 0 heterocycles. The molecule has 0 saturated carbocycles. The molecule has 0 radical (unpaired) electrons. The van der Waals surface area contributed by atoms with Gasteiger partial charge in [0.25, 0.3) is 0 Å². The molecule has 0 rings (SSSR count). The monoisotopic (exact) mass is 96.0 g/mol. The number of halogens is 1. The largest absolute Gasteiger partial charge is 0.495 e. The summed E-state index contributed by atoms with van der Waals surface area (Å²) in [6, 6.07) is 0. The molecule has 3 nitrogen and oxygen atoms in total. The third kappa shape index (κ3) is 3.72. The molecule has 0 aliphatic heterocycles. The summed E-state index contributed by atoms with van der Waals surface area (Å²) >= 11 is 0.155. The van der Waals surface area contributed by atoms with Crippen LogP contribution in [-0.4, -0.2) is 6.47 Å². The van der Waals surface area contributed by atoms with E-state index in [1.807, 2.05) is 0 Å². The highest BCUT2D eigenvalue weighted by atomic mass is 35.6. The average Bonchev–Trinajstić information content (AvgIpc) is 1.41. The second-order valence-corrected chi connectivity index (χ2v) is 0.552. The van der Waals surface area contributed by atoms with Crippen molar-refractivity contribution in [2.24, 2.45) is 0 Å². The molecule has 0 N–H and O–H groups in total. The summed E-state index contributed by atoms with van der Waals surface area (Å²) in [5.74, 6) is 0. The maximum Gasteiger partial charge on any atom is 0.395 e. The van der Waals surface area contributed by atoms with Crippen molar-refractivity contribution in [3.63, 3.8) is 0 Å². The van der Waals surface area contributed by atoms with Gasteiger partial charge in [0.2, 0.25) is 0 Å². The fourth-order valence-electron chi connectivity index (χ4n) is 0.0148.